The third-order valence-electron chi connectivity index (χ3n) is 5.14. The number of rotatable bonds is 2. The number of halogens is 1. The van der Waals surface area contributed by atoms with Crippen molar-refractivity contribution in [1.82, 2.24) is 4.98 Å². The Bertz CT molecular complexity index is 1050. The van der Waals surface area contributed by atoms with Crippen LogP contribution in [0.15, 0.2) is 60.8 Å². The molecule has 4 heteroatoms. The summed E-state index contributed by atoms with van der Waals surface area (Å²) in [5.41, 5.74) is 5.48. The van der Waals surface area contributed by atoms with Gasteiger partial charge in [-0.1, -0.05) is 30.3 Å². The first-order valence-corrected chi connectivity index (χ1v) is 8.45. The molecule has 0 spiro atoms. The van der Waals surface area contributed by atoms with Crippen molar-refractivity contribution in [1.29, 1.82) is 0 Å². The highest BCUT2D eigenvalue weighted by atomic mass is 35.5. The fourth-order valence-electron chi connectivity index (χ4n) is 3.80. The molecule has 4 rings (SSSR count). The van der Waals surface area contributed by atoms with Crippen LogP contribution in [0.2, 0.25) is 0 Å². The minimum absolute atomic E-state index is 0. The Morgan fingerprint density at radius 2 is 1.77 bits per heavy atom. The van der Waals surface area contributed by atoms with Gasteiger partial charge in [0.25, 0.3) is 0 Å². The van der Waals surface area contributed by atoms with E-state index in [1.54, 1.807) is 12.3 Å². The molecule has 1 aromatic heterocycles. The summed E-state index contributed by atoms with van der Waals surface area (Å²) in [5, 5.41) is 11.0. The van der Waals surface area contributed by atoms with Crippen LogP contribution in [0.3, 0.4) is 0 Å². The van der Waals surface area contributed by atoms with Crippen LogP contribution in [0.1, 0.15) is 25.0 Å². The molecule has 0 saturated carbocycles. The lowest BCUT2D eigenvalue weighted by atomic mass is 9.81. The summed E-state index contributed by atoms with van der Waals surface area (Å²) in [7, 11) is 2.11. The molecular formula is C22H21ClN2O. The van der Waals surface area contributed by atoms with Crippen LogP contribution in [0.5, 0.6) is 5.75 Å². The molecule has 132 valence electrons. The summed E-state index contributed by atoms with van der Waals surface area (Å²) >= 11 is 0. The molecule has 3 nitrogen and oxygen atoms in total. The largest absolute Gasteiger partial charge is 1.00 e. The first kappa shape index (κ1) is 18.2. The number of phenols is 1. The molecule has 26 heavy (non-hydrogen) atoms. The Morgan fingerprint density at radius 3 is 2.54 bits per heavy atom. The van der Waals surface area contributed by atoms with Gasteiger partial charge in [0.15, 0.2) is 5.71 Å². The van der Waals surface area contributed by atoms with Gasteiger partial charge in [0.2, 0.25) is 5.69 Å². The molecule has 1 N–H and O–H groups in total. The third-order valence-corrected chi connectivity index (χ3v) is 5.14. The molecule has 0 saturated heterocycles. The van der Waals surface area contributed by atoms with Crippen LogP contribution in [-0.4, -0.2) is 27.4 Å². The Kier molecular flexibility index (Phi) is 4.59. The lowest BCUT2D eigenvalue weighted by Crippen LogP contribution is -3.00. The molecule has 0 unspecified atom stereocenters. The minimum atomic E-state index is -0.0488. The number of phenolic OH excluding ortho intramolecular Hbond substituents is 1. The van der Waals surface area contributed by atoms with E-state index in [2.05, 4.69) is 66.9 Å². The number of fused-ring (bicyclic) bond motifs is 2. The number of pyridine rings is 1. The van der Waals surface area contributed by atoms with Crippen LogP contribution in [0.25, 0.3) is 17.0 Å². The second kappa shape index (κ2) is 6.58. The van der Waals surface area contributed by atoms with E-state index in [1.807, 2.05) is 18.2 Å². The molecule has 0 bridgehead atoms. The average Bonchev–Trinajstić information content (AvgIpc) is 2.82. The van der Waals surface area contributed by atoms with E-state index in [0.717, 1.165) is 10.9 Å². The van der Waals surface area contributed by atoms with Gasteiger partial charge in [-0.3, -0.25) is 4.98 Å². The van der Waals surface area contributed by atoms with Crippen molar-refractivity contribution in [2.75, 3.05) is 7.05 Å². The normalized spacial score (nSPS) is 15.3. The molecule has 0 atom stereocenters. The fraction of sp³-hybridized carbons (Fsp3) is 0.182. The van der Waals surface area contributed by atoms with Crippen LogP contribution < -0.4 is 12.4 Å². The van der Waals surface area contributed by atoms with Gasteiger partial charge in [-0.15, -0.1) is 0 Å². The van der Waals surface area contributed by atoms with E-state index < -0.39 is 0 Å². The molecule has 0 fully saturated rings. The maximum Gasteiger partial charge on any atom is 0.209 e. The third kappa shape index (κ3) is 2.69. The predicted octanol–water partition coefficient (Wildman–Crippen LogP) is 1.66. The average molecular weight is 365 g/mol. The summed E-state index contributed by atoms with van der Waals surface area (Å²) in [6.45, 7) is 4.51. The molecule has 1 aliphatic rings. The van der Waals surface area contributed by atoms with Crippen molar-refractivity contribution in [2.24, 2.45) is 0 Å². The zero-order chi connectivity index (χ0) is 17.6. The van der Waals surface area contributed by atoms with Crippen molar-refractivity contribution in [2.45, 2.75) is 19.3 Å². The van der Waals surface area contributed by atoms with Gasteiger partial charge < -0.3 is 17.5 Å². The molecule has 2 aromatic carbocycles. The summed E-state index contributed by atoms with van der Waals surface area (Å²) in [4.78, 5) is 4.30. The van der Waals surface area contributed by atoms with Crippen LogP contribution >= 0.6 is 0 Å². The Morgan fingerprint density at radius 1 is 1.00 bits per heavy atom. The fourth-order valence-corrected chi connectivity index (χ4v) is 3.80. The molecule has 0 amide bonds. The smallest absolute Gasteiger partial charge is 0.209 e. The number of hydrogen-bond donors (Lipinski definition) is 1. The van der Waals surface area contributed by atoms with Crippen LogP contribution in [0.4, 0.5) is 5.69 Å². The number of benzene rings is 2. The number of aromatic nitrogens is 1. The summed E-state index contributed by atoms with van der Waals surface area (Å²) in [6.07, 6.45) is 6.00. The Balaban J connectivity index is 0.00000196. The molecule has 0 radical (unpaired) electrons. The summed E-state index contributed by atoms with van der Waals surface area (Å²) < 4.78 is 2.26. The lowest BCUT2D eigenvalue weighted by molar-refractivity contribution is -0.401. The van der Waals surface area contributed by atoms with Gasteiger partial charge >= 0.3 is 0 Å². The van der Waals surface area contributed by atoms with Gasteiger partial charge in [0.1, 0.15) is 18.3 Å². The van der Waals surface area contributed by atoms with E-state index in [-0.39, 0.29) is 23.6 Å². The standard InChI is InChI=1S/C22H20N2O.ClH/c1-22(2)17-8-4-5-9-18(17)24(3)20(22)13-11-15-10-12-19(25)21-16(15)7-6-14-23-21;/h4-14H,1-3H3;1H. The van der Waals surface area contributed by atoms with Crippen molar-refractivity contribution in [3.63, 3.8) is 0 Å². The van der Waals surface area contributed by atoms with Crippen molar-refractivity contribution >= 4 is 28.4 Å². The Labute approximate surface area is 159 Å². The van der Waals surface area contributed by atoms with Gasteiger partial charge in [-0.25, -0.2) is 0 Å². The number of aromatic hydroxyl groups is 1. The number of nitrogens with zero attached hydrogens (tertiary/aromatic N) is 2. The van der Waals surface area contributed by atoms with Crippen LogP contribution in [0, 0.1) is 0 Å². The summed E-state index contributed by atoms with van der Waals surface area (Å²) in [5.74, 6) is 0.214. The van der Waals surface area contributed by atoms with Crippen LogP contribution in [-0.2, 0) is 5.41 Å². The van der Waals surface area contributed by atoms with E-state index >= 15 is 0 Å². The number of hydrogen-bond acceptors (Lipinski definition) is 2. The zero-order valence-electron chi connectivity index (χ0n) is 15.1. The Hall–Kier alpha value is -2.65. The van der Waals surface area contributed by atoms with Gasteiger partial charge in [0, 0.05) is 29.3 Å². The molecule has 3 aromatic rings. The van der Waals surface area contributed by atoms with E-state index in [9.17, 15) is 5.11 Å². The number of allylic oxidation sites excluding steroid dienone is 1. The molecular weight excluding hydrogens is 344 g/mol. The van der Waals surface area contributed by atoms with Crippen molar-refractivity contribution < 1.29 is 22.1 Å². The predicted molar refractivity (Wildman–Crippen MR) is 103 cm³/mol. The van der Waals surface area contributed by atoms with E-state index in [4.69, 9.17) is 0 Å². The van der Waals surface area contributed by atoms with Gasteiger partial charge in [-0.2, -0.15) is 4.58 Å². The highest BCUT2D eigenvalue weighted by molar-refractivity contribution is 6.06. The van der Waals surface area contributed by atoms with Gasteiger partial charge in [0.05, 0.1) is 5.41 Å². The van der Waals surface area contributed by atoms with E-state index in [1.165, 1.54) is 17.0 Å². The monoisotopic (exact) mass is 364 g/mol. The quantitative estimate of drug-likeness (QED) is 0.702. The molecule has 1 aliphatic heterocycles. The van der Waals surface area contributed by atoms with Crippen molar-refractivity contribution in [3.8, 4) is 5.75 Å². The van der Waals surface area contributed by atoms with Crippen molar-refractivity contribution in [3.05, 3.63) is 71.9 Å². The zero-order valence-corrected chi connectivity index (χ0v) is 15.8. The molecule has 0 aliphatic carbocycles. The first-order chi connectivity index (χ1) is 12.0. The molecule has 2 heterocycles. The van der Waals surface area contributed by atoms with E-state index in [0.29, 0.717) is 5.52 Å². The second-order valence-corrected chi connectivity index (χ2v) is 6.99. The highest BCUT2D eigenvalue weighted by Crippen LogP contribution is 2.39. The lowest BCUT2D eigenvalue weighted by Gasteiger charge is -2.15. The topological polar surface area (TPSA) is 36.1 Å². The van der Waals surface area contributed by atoms with Gasteiger partial charge in [-0.05, 0) is 37.6 Å². The first-order valence-electron chi connectivity index (χ1n) is 8.45. The minimum Gasteiger partial charge on any atom is -1.00 e. The maximum atomic E-state index is 10.0. The maximum absolute atomic E-state index is 10.0. The summed E-state index contributed by atoms with van der Waals surface area (Å²) in [6, 6.07) is 16.1. The second-order valence-electron chi connectivity index (χ2n) is 6.99. The SMILES string of the molecule is C[N+]1=C(C=Cc2ccc(O)c3ncccc23)C(C)(C)c2ccccc21.[Cl-]. The number of para-hydroxylation sites is 1. The highest BCUT2D eigenvalue weighted by Gasteiger charge is 2.42.